The molecular weight excluding hydrogens is 218 g/mol. The van der Waals surface area contributed by atoms with Gasteiger partial charge in [0.25, 0.3) is 0 Å². The van der Waals surface area contributed by atoms with E-state index in [1.165, 1.54) is 0 Å². The monoisotopic (exact) mass is 231 g/mol. The van der Waals surface area contributed by atoms with E-state index in [0.29, 0.717) is 5.65 Å². The maximum atomic E-state index is 11.9. The number of nitrogens with zero attached hydrogens (tertiary/aromatic N) is 4. The van der Waals surface area contributed by atoms with E-state index in [-0.39, 0.29) is 5.69 Å². The van der Waals surface area contributed by atoms with E-state index in [2.05, 4.69) is 15.3 Å². The van der Waals surface area contributed by atoms with Crippen molar-refractivity contribution < 1.29 is 0 Å². The average Bonchev–Trinajstić information content (AvgIpc) is 2.39. The van der Waals surface area contributed by atoms with Gasteiger partial charge in [0.1, 0.15) is 0 Å². The second-order valence-electron chi connectivity index (χ2n) is 3.97. The Morgan fingerprint density at radius 1 is 1.24 bits per heavy atom. The van der Waals surface area contributed by atoms with Crippen molar-refractivity contribution in [1.82, 2.24) is 20.0 Å². The van der Waals surface area contributed by atoms with Crippen LogP contribution < -0.4 is 16.0 Å². The first-order chi connectivity index (χ1) is 8.36. The van der Waals surface area contributed by atoms with Crippen LogP contribution in [0.1, 0.15) is 0 Å². The minimum absolute atomic E-state index is 0.266. The molecule has 2 aromatic rings. The van der Waals surface area contributed by atoms with Crippen molar-refractivity contribution in [2.75, 3.05) is 31.2 Å². The van der Waals surface area contributed by atoms with Gasteiger partial charge in [-0.15, -0.1) is 0 Å². The summed E-state index contributed by atoms with van der Waals surface area (Å²) >= 11 is 0. The third-order valence-electron chi connectivity index (χ3n) is 2.89. The first-order valence-corrected chi connectivity index (χ1v) is 5.65. The normalized spacial score (nSPS) is 16.4. The van der Waals surface area contributed by atoms with Gasteiger partial charge in [0.05, 0.1) is 0 Å². The molecule has 1 saturated heterocycles. The minimum atomic E-state index is -0.266. The third-order valence-corrected chi connectivity index (χ3v) is 2.89. The molecule has 0 radical (unpaired) electrons. The van der Waals surface area contributed by atoms with Crippen molar-refractivity contribution in [3.8, 4) is 0 Å². The van der Waals surface area contributed by atoms with Crippen molar-refractivity contribution in [3.05, 3.63) is 35.0 Å². The summed E-state index contributed by atoms with van der Waals surface area (Å²) in [5.41, 5.74) is 0.410. The quantitative estimate of drug-likeness (QED) is 0.705. The molecule has 0 unspecified atom stereocenters. The van der Waals surface area contributed by atoms with Gasteiger partial charge >= 0.3 is 5.69 Å². The van der Waals surface area contributed by atoms with E-state index in [9.17, 15) is 4.79 Å². The van der Waals surface area contributed by atoms with Crippen LogP contribution in [-0.2, 0) is 0 Å². The Balaban J connectivity index is 2.19. The summed E-state index contributed by atoms with van der Waals surface area (Å²) in [6.07, 6.45) is 3.27. The van der Waals surface area contributed by atoms with Gasteiger partial charge in [-0.3, -0.25) is 0 Å². The number of rotatable bonds is 1. The molecule has 0 spiro atoms. The highest BCUT2D eigenvalue weighted by atomic mass is 16.2. The van der Waals surface area contributed by atoms with E-state index in [4.69, 9.17) is 0 Å². The van der Waals surface area contributed by atoms with E-state index < -0.39 is 0 Å². The molecule has 6 heteroatoms. The largest absolute Gasteiger partial charge is 0.368 e. The predicted octanol–water partition coefficient (Wildman–Crippen LogP) is -0.667. The first-order valence-electron chi connectivity index (χ1n) is 5.65. The van der Waals surface area contributed by atoms with Gasteiger partial charge in [0.15, 0.2) is 5.65 Å². The molecule has 0 aliphatic carbocycles. The van der Waals surface area contributed by atoms with Gasteiger partial charge < -0.3 is 10.3 Å². The molecule has 0 atom stereocenters. The Morgan fingerprint density at radius 3 is 2.88 bits per heavy atom. The van der Waals surface area contributed by atoms with Gasteiger partial charge in [-0.25, -0.2) is 9.78 Å². The summed E-state index contributed by atoms with van der Waals surface area (Å²) in [4.78, 5) is 20.0. The lowest BCUT2D eigenvalue weighted by molar-refractivity contribution is 0.485. The van der Waals surface area contributed by atoms with Gasteiger partial charge in [-0.1, -0.05) is 0 Å². The Kier molecular flexibility index (Phi) is 2.49. The zero-order valence-electron chi connectivity index (χ0n) is 9.33. The van der Waals surface area contributed by atoms with E-state index in [1.54, 1.807) is 17.1 Å². The van der Waals surface area contributed by atoms with Crippen LogP contribution in [0, 0.1) is 0 Å². The molecule has 0 aromatic carbocycles. The fourth-order valence-electron chi connectivity index (χ4n) is 2.07. The lowest BCUT2D eigenvalue weighted by Crippen LogP contribution is -2.53. The van der Waals surface area contributed by atoms with Crippen molar-refractivity contribution >= 4 is 11.0 Å². The molecule has 0 saturated carbocycles. The first kappa shape index (κ1) is 10.2. The zero-order chi connectivity index (χ0) is 11.7. The van der Waals surface area contributed by atoms with Crippen LogP contribution >= 0.6 is 0 Å². The Bertz CT molecular complexity index is 588. The van der Waals surface area contributed by atoms with Crippen LogP contribution in [0.25, 0.3) is 11.0 Å². The van der Waals surface area contributed by atoms with Crippen LogP contribution in [0.15, 0.2) is 29.3 Å². The molecule has 3 heterocycles. The summed E-state index contributed by atoms with van der Waals surface area (Å²) in [7, 11) is 0. The van der Waals surface area contributed by atoms with Crippen molar-refractivity contribution in [2.45, 2.75) is 0 Å². The Labute approximate surface area is 97.9 Å². The fourth-order valence-corrected chi connectivity index (χ4v) is 2.07. The van der Waals surface area contributed by atoms with Crippen LogP contribution in [0.2, 0.25) is 0 Å². The third kappa shape index (κ3) is 1.76. The highest BCUT2D eigenvalue weighted by Gasteiger charge is 2.14. The molecule has 88 valence electrons. The maximum Gasteiger partial charge on any atom is 0.368 e. The van der Waals surface area contributed by atoms with Crippen LogP contribution in [0.3, 0.4) is 0 Å². The van der Waals surface area contributed by atoms with Crippen LogP contribution in [-0.4, -0.2) is 40.8 Å². The van der Waals surface area contributed by atoms with Crippen molar-refractivity contribution in [3.63, 3.8) is 0 Å². The van der Waals surface area contributed by atoms with Crippen molar-refractivity contribution in [1.29, 1.82) is 0 Å². The van der Waals surface area contributed by atoms with Crippen molar-refractivity contribution in [2.24, 2.45) is 0 Å². The highest BCUT2D eigenvalue weighted by Crippen LogP contribution is 2.07. The van der Waals surface area contributed by atoms with Crippen LogP contribution in [0.5, 0.6) is 0 Å². The summed E-state index contributed by atoms with van der Waals surface area (Å²) in [6.45, 7) is 3.32. The lowest BCUT2D eigenvalue weighted by atomic mass is 10.3. The summed E-state index contributed by atoms with van der Waals surface area (Å²) in [6, 6.07) is 3.75. The molecule has 3 rings (SSSR count). The second kappa shape index (κ2) is 4.14. The molecule has 1 N–H and O–H groups in total. The number of pyridine rings is 1. The number of hydrogen-bond acceptors (Lipinski definition) is 5. The van der Waals surface area contributed by atoms with Gasteiger partial charge in [-0.2, -0.15) is 9.66 Å². The molecular formula is C11H13N5O. The second-order valence-corrected chi connectivity index (χ2v) is 3.97. The van der Waals surface area contributed by atoms with Gasteiger partial charge in [0.2, 0.25) is 0 Å². The fraction of sp³-hybridized carbons (Fsp3) is 0.364. The van der Waals surface area contributed by atoms with E-state index >= 15 is 0 Å². The zero-order valence-corrected chi connectivity index (χ0v) is 9.33. The highest BCUT2D eigenvalue weighted by molar-refractivity contribution is 5.73. The number of fused-ring (bicyclic) bond motifs is 1. The number of aromatic nitrogens is 3. The molecule has 1 aliphatic rings. The smallest absolute Gasteiger partial charge is 0.313 e. The van der Waals surface area contributed by atoms with E-state index in [1.807, 2.05) is 17.1 Å². The van der Waals surface area contributed by atoms with Gasteiger partial charge in [-0.05, 0) is 12.1 Å². The van der Waals surface area contributed by atoms with Crippen LogP contribution in [0.4, 0.5) is 0 Å². The Morgan fingerprint density at radius 2 is 2.06 bits per heavy atom. The molecule has 1 fully saturated rings. The molecule has 6 nitrogen and oxygen atoms in total. The lowest BCUT2D eigenvalue weighted by Gasteiger charge is -2.30. The molecule has 2 aromatic heterocycles. The summed E-state index contributed by atoms with van der Waals surface area (Å²) in [5, 5.41) is 6.12. The molecule has 0 bridgehead atoms. The number of nitrogens with one attached hydrogen (secondary N) is 1. The summed E-state index contributed by atoms with van der Waals surface area (Å²) in [5.74, 6) is 0. The number of hydrogen-bond donors (Lipinski definition) is 1. The molecule has 17 heavy (non-hydrogen) atoms. The molecule has 0 amide bonds. The Hall–Kier alpha value is -1.95. The number of piperazine rings is 1. The van der Waals surface area contributed by atoms with E-state index in [0.717, 1.165) is 31.6 Å². The summed E-state index contributed by atoms with van der Waals surface area (Å²) < 4.78 is 1.58. The topological polar surface area (TPSA) is 63.1 Å². The molecule has 1 aliphatic heterocycles. The SMILES string of the molecule is O=c1ncc2cccnc2n1N1CCNCC1. The average molecular weight is 231 g/mol. The van der Waals surface area contributed by atoms with Gasteiger partial charge in [0, 0.05) is 44.0 Å². The predicted molar refractivity (Wildman–Crippen MR) is 64.6 cm³/mol. The standard InChI is InChI=1S/C11H13N5O/c17-11-14-8-9-2-1-3-13-10(9)16(11)15-6-4-12-5-7-15/h1-3,8,12H,4-7H2. The minimum Gasteiger partial charge on any atom is -0.313 e. The maximum absolute atomic E-state index is 11.9.